The second-order valence-corrected chi connectivity index (χ2v) is 8.55. The number of fused-ring (bicyclic) bond motifs is 1. The number of carbonyl (C=O) groups excluding carboxylic acids is 2. The molecule has 168 valence electrons. The van der Waals surface area contributed by atoms with Gasteiger partial charge in [0.15, 0.2) is 11.6 Å². The molecule has 0 saturated heterocycles. The van der Waals surface area contributed by atoms with E-state index in [1.165, 1.54) is 10.9 Å². The van der Waals surface area contributed by atoms with Crippen LogP contribution in [0.3, 0.4) is 0 Å². The molecule has 3 amide bonds. The summed E-state index contributed by atoms with van der Waals surface area (Å²) in [4.78, 5) is 30.3. The second kappa shape index (κ2) is 11.1. The second-order valence-electron chi connectivity index (χ2n) is 7.55. The summed E-state index contributed by atoms with van der Waals surface area (Å²) >= 11 is 1.66. The molecule has 1 unspecified atom stereocenters. The molecule has 1 aliphatic rings. The molecule has 0 saturated carbocycles. The van der Waals surface area contributed by atoms with Gasteiger partial charge in [-0.1, -0.05) is 26.0 Å². The lowest BCUT2D eigenvalue weighted by atomic mass is 10.0. The number of amides is 3. The molecule has 2 heterocycles. The van der Waals surface area contributed by atoms with Crippen molar-refractivity contribution in [2.75, 3.05) is 32.8 Å². The van der Waals surface area contributed by atoms with Gasteiger partial charge in [-0.3, -0.25) is 4.79 Å². The van der Waals surface area contributed by atoms with Gasteiger partial charge in [0.25, 0.3) is 0 Å². The molecule has 0 radical (unpaired) electrons. The zero-order valence-electron chi connectivity index (χ0n) is 18.1. The zero-order valence-corrected chi connectivity index (χ0v) is 18.9. The number of nitrogens with zero attached hydrogens (tertiary/aromatic N) is 2. The number of nitrogens with one attached hydrogen (secondary N) is 1. The van der Waals surface area contributed by atoms with Crippen LogP contribution in [0.2, 0.25) is 0 Å². The first-order valence-electron chi connectivity index (χ1n) is 10.8. The smallest absolute Gasteiger partial charge is 0.317 e. The van der Waals surface area contributed by atoms with E-state index in [1.54, 1.807) is 39.3 Å². The van der Waals surface area contributed by atoms with Gasteiger partial charge >= 0.3 is 6.03 Å². The highest BCUT2D eigenvalue weighted by atomic mass is 32.1. The van der Waals surface area contributed by atoms with E-state index in [4.69, 9.17) is 4.74 Å². The van der Waals surface area contributed by atoms with E-state index in [0.717, 1.165) is 24.8 Å². The zero-order chi connectivity index (χ0) is 22.2. The van der Waals surface area contributed by atoms with Crippen LogP contribution in [0.1, 0.15) is 43.2 Å². The number of ether oxygens (including phenoxy) is 1. The number of urea groups is 1. The van der Waals surface area contributed by atoms with Crippen molar-refractivity contribution < 1.29 is 18.7 Å². The van der Waals surface area contributed by atoms with Crippen LogP contribution in [0.25, 0.3) is 0 Å². The van der Waals surface area contributed by atoms with Crippen molar-refractivity contribution in [3.8, 4) is 5.75 Å². The topological polar surface area (TPSA) is 61.9 Å². The molecule has 1 N–H and O–H groups in total. The summed E-state index contributed by atoms with van der Waals surface area (Å²) in [6.07, 6.45) is 2.37. The van der Waals surface area contributed by atoms with Crippen LogP contribution < -0.4 is 10.1 Å². The van der Waals surface area contributed by atoms with Crippen molar-refractivity contribution in [3.63, 3.8) is 0 Å². The Morgan fingerprint density at radius 2 is 2.06 bits per heavy atom. The minimum Gasteiger partial charge on any atom is -0.488 e. The summed E-state index contributed by atoms with van der Waals surface area (Å²) in [5.41, 5.74) is 1.04. The molecule has 0 fully saturated rings. The Bertz CT molecular complexity index is 888. The standard InChI is InChI=1S/C23H30FN3O3S/c1-3-11-25-23(29)26(12-4-2)15-22(28)27-13-9-21-17(10-14-31-21)19(27)16-30-20-8-6-5-7-18(20)24/h5-8,10,14,19H,3-4,9,11-13,15-16H2,1-2H3,(H,25,29). The molecule has 1 aliphatic heterocycles. The van der Waals surface area contributed by atoms with E-state index in [1.807, 2.05) is 25.3 Å². The Morgan fingerprint density at radius 1 is 1.26 bits per heavy atom. The van der Waals surface area contributed by atoms with E-state index in [0.29, 0.717) is 19.6 Å². The highest BCUT2D eigenvalue weighted by Gasteiger charge is 2.33. The summed E-state index contributed by atoms with van der Waals surface area (Å²) in [5.74, 6) is -0.383. The van der Waals surface area contributed by atoms with Crippen LogP contribution in [0.4, 0.5) is 9.18 Å². The lowest BCUT2D eigenvalue weighted by molar-refractivity contribution is -0.135. The molecule has 0 aliphatic carbocycles. The molecule has 8 heteroatoms. The average molecular weight is 448 g/mol. The molecular weight excluding hydrogens is 417 g/mol. The number of para-hydroxylation sites is 1. The normalized spacial score (nSPS) is 15.3. The lowest BCUT2D eigenvalue weighted by Crippen LogP contribution is -2.50. The fraction of sp³-hybridized carbons (Fsp3) is 0.478. The van der Waals surface area contributed by atoms with Crippen LogP contribution >= 0.6 is 11.3 Å². The Balaban J connectivity index is 1.74. The fourth-order valence-electron chi connectivity index (χ4n) is 3.73. The van der Waals surface area contributed by atoms with Crippen LogP contribution in [0.5, 0.6) is 5.75 Å². The molecule has 1 atom stereocenters. The van der Waals surface area contributed by atoms with E-state index in [-0.39, 0.29) is 36.9 Å². The Kier molecular flexibility index (Phi) is 8.28. The molecule has 3 rings (SSSR count). The number of halogens is 1. The van der Waals surface area contributed by atoms with Crippen molar-refractivity contribution in [1.82, 2.24) is 15.1 Å². The summed E-state index contributed by atoms with van der Waals surface area (Å²) in [7, 11) is 0. The molecule has 0 spiro atoms. The third-order valence-electron chi connectivity index (χ3n) is 5.28. The van der Waals surface area contributed by atoms with Gasteiger partial charge in [-0.15, -0.1) is 11.3 Å². The van der Waals surface area contributed by atoms with Crippen molar-refractivity contribution in [2.24, 2.45) is 0 Å². The number of rotatable bonds is 9. The number of benzene rings is 1. The molecule has 31 heavy (non-hydrogen) atoms. The third-order valence-corrected chi connectivity index (χ3v) is 6.28. The van der Waals surface area contributed by atoms with E-state index in [9.17, 15) is 14.0 Å². The minimum absolute atomic E-state index is 0.0130. The summed E-state index contributed by atoms with van der Waals surface area (Å²) in [6.45, 7) is 5.78. The Labute approximate surface area is 187 Å². The van der Waals surface area contributed by atoms with Gasteiger partial charge in [0, 0.05) is 24.5 Å². The van der Waals surface area contributed by atoms with Crippen LogP contribution in [-0.2, 0) is 11.2 Å². The van der Waals surface area contributed by atoms with Gasteiger partial charge in [-0.2, -0.15) is 0 Å². The number of carbonyl (C=O) groups is 2. The largest absolute Gasteiger partial charge is 0.488 e. The molecule has 6 nitrogen and oxygen atoms in total. The first kappa shape index (κ1) is 23.1. The summed E-state index contributed by atoms with van der Waals surface area (Å²) in [5, 5.41) is 4.86. The molecule has 2 aromatic rings. The average Bonchev–Trinajstić information content (AvgIpc) is 3.25. The lowest BCUT2D eigenvalue weighted by Gasteiger charge is -2.37. The van der Waals surface area contributed by atoms with Gasteiger partial charge in [0.05, 0.1) is 6.04 Å². The van der Waals surface area contributed by atoms with Crippen molar-refractivity contribution >= 4 is 23.3 Å². The van der Waals surface area contributed by atoms with Gasteiger partial charge in [-0.25, -0.2) is 9.18 Å². The van der Waals surface area contributed by atoms with Crippen molar-refractivity contribution in [3.05, 3.63) is 52.0 Å². The fourth-order valence-corrected chi connectivity index (χ4v) is 4.65. The predicted octanol–water partition coefficient (Wildman–Crippen LogP) is 4.22. The predicted molar refractivity (Wildman–Crippen MR) is 120 cm³/mol. The Hall–Kier alpha value is -2.61. The van der Waals surface area contributed by atoms with E-state index < -0.39 is 5.82 Å². The van der Waals surface area contributed by atoms with Crippen LogP contribution in [0.15, 0.2) is 35.7 Å². The molecule has 1 aromatic carbocycles. The number of hydrogen-bond donors (Lipinski definition) is 1. The van der Waals surface area contributed by atoms with Crippen LogP contribution in [-0.4, -0.2) is 54.5 Å². The Morgan fingerprint density at radius 3 is 2.81 bits per heavy atom. The van der Waals surface area contributed by atoms with E-state index >= 15 is 0 Å². The minimum atomic E-state index is -0.427. The van der Waals surface area contributed by atoms with Crippen LogP contribution in [0, 0.1) is 5.82 Å². The van der Waals surface area contributed by atoms with Gasteiger partial charge in [-0.05, 0) is 48.4 Å². The van der Waals surface area contributed by atoms with Crippen molar-refractivity contribution in [2.45, 2.75) is 39.2 Å². The maximum absolute atomic E-state index is 14.0. The summed E-state index contributed by atoms with van der Waals surface area (Å²) < 4.78 is 19.8. The molecular formula is C23H30FN3O3S. The maximum Gasteiger partial charge on any atom is 0.317 e. The van der Waals surface area contributed by atoms with E-state index in [2.05, 4.69) is 5.32 Å². The highest BCUT2D eigenvalue weighted by molar-refractivity contribution is 7.10. The van der Waals surface area contributed by atoms with Gasteiger partial charge in [0.1, 0.15) is 13.2 Å². The quantitative estimate of drug-likeness (QED) is 0.626. The number of hydrogen-bond acceptors (Lipinski definition) is 4. The molecule has 1 aromatic heterocycles. The van der Waals surface area contributed by atoms with Crippen molar-refractivity contribution in [1.29, 1.82) is 0 Å². The monoisotopic (exact) mass is 447 g/mol. The number of thiophene rings is 1. The first-order valence-corrected chi connectivity index (χ1v) is 11.7. The van der Waals surface area contributed by atoms with Gasteiger partial charge < -0.3 is 19.9 Å². The third kappa shape index (κ3) is 5.76. The summed E-state index contributed by atoms with van der Waals surface area (Å²) in [6, 6.07) is 7.74. The highest BCUT2D eigenvalue weighted by Crippen LogP contribution is 2.34. The molecule has 0 bridgehead atoms. The SMILES string of the molecule is CCCNC(=O)N(CCC)CC(=O)N1CCc2sccc2C1COc1ccccc1F. The maximum atomic E-state index is 14.0. The van der Waals surface area contributed by atoms with Gasteiger partial charge in [0.2, 0.25) is 5.91 Å². The first-order chi connectivity index (χ1) is 15.0.